The van der Waals surface area contributed by atoms with Crippen LogP contribution in [0.1, 0.15) is 53.2 Å². The van der Waals surface area contributed by atoms with Crippen LogP contribution in [-0.4, -0.2) is 53.3 Å². The lowest BCUT2D eigenvalue weighted by molar-refractivity contribution is -0.141. The van der Waals surface area contributed by atoms with Crippen molar-refractivity contribution in [1.82, 2.24) is 14.9 Å². The molecule has 212 valence electrons. The number of aromatic nitrogens is 2. The lowest BCUT2D eigenvalue weighted by atomic mass is 9.97. The van der Waals surface area contributed by atoms with Crippen molar-refractivity contribution in [1.29, 1.82) is 0 Å². The van der Waals surface area contributed by atoms with Crippen LogP contribution in [0, 0.1) is 5.82 Å². The Morgan fingerprint density at radius 3 is 2.67 bits per heavy atom. The van der Waals surface area contributed by atoms with E-state index in [1.54, 1.807) is 17.0 Å². The van der Waals surface area contributed by atoms with Crippen molar-refractivity contribution in [3.8, 4) is 11.6 Å². The summed E-state index contributed by atoms with van der Waals surface area (Å²) in [6.07, 6.45) is -3.48. The lowest BCUT2D eigenvalue weighted by Crippen LogP contribution is -2.40. The van der Waals surface area contributed by atoms with Crippen LogP contribution >= 0.6 is 27.3 Å². The number of carbonyl (C=O) groups is 1. The van der Waals surface area contributed by atoms with Gasteiger partial charge in [0.25, 0.3) is 11.8 Å². The topological polar surface area (TPSA) is 86.1 Å². The van der Waals surface area contributed by atoms with E-state index in [-0.39, 0.29) is 29.3 Å². The first-order valence-electron chi connectivity index (χ1n) is 12.3. The minimum atomic E-state index is -4.65. The molecule has 1 amide bonds. The summed E-state index contributed by atoms with van der Waals surface area (Å²) >= 11 is 4.87. The number of amides is 1. The fraction of sp³-hybridized carbons (Fsp3) is 0.385. The number of halogens is 5. The Balaban J connectivity index is 1.14. The molecule has 2 aromatic heterocycles. The molecular formula is C26H23BrF4N4O4S. The number of rotatable bonds is 7. The zero-order chi connectivity index (χ0) is 28.4. The number of benzene rings is 1. The summed E-state index contributed by atoms with van der Waals surface area (Å²) < 4.78 is 64.3. The Morgan fingerprint density at radius 2 is 1.98 bits per heavy atom. The van der Waals surface area contributed by atoms with E-state index in [1.807, 2.05) is 5.38 Å². The van der Waals surface area contributed by atoms with Gasteiger partial charge in [-0.2, -0.15) is 13.2 Å². The number of hydrogen-bond acceptors (Lipinski definition) is 8. The fourth-order valence-electron chi connectivity index (χ4n) is 4.55. The van der Waals surface area contributed by atoms with E-state index >= 15 is 0 Å². The molecule has 1 aromatic carbocycles. The first-order chi connectivity index (χ1) is 19.1. The average Bonchev–Trinajstić information content (AvgIpc) is 3.61. The van der Waals surface area contributed by atoms with Crippen molar-refractivity contribution in [2.24, 2.45) is 5.16 Å². The van der Waals surface area contributed by atoms with Gasteiger partial charge in [0.2, 0.25) is 0 Å². The van der Waals surface area contributed by atoms with Crippen molar-refractivity contribution < 1.29 is 36.7 Å². The molecule has 8 nitrogen and oxygen atoms in total. The molecule has 4 heterocycles. The summed E-state index contributed by atoms with van der Waals surface area (Å²) in [4.78, 5) is 28.0. The van der Waals surface area contributed by atoms with Gasteiger partial charge in [0.1, 0.15) is 17.2 Å². The largest absolute Gasteiger partial charge is 0.491 e. The van der Waals surface area contributed by atoms with E-state index in [0.717, 1.165) is 17.1 Å². The third-order valence-electron chi connectivity index (χ3n) is 6.67. The van der Waals surface area contributed by atoms with Gasteiger partial charge in [-0.05, 0) is 37.1 Å². The molecule has 2 aliphatic heterocycles. The number of methoxy groups -OCH3 is 1. The summed E-state index contributed by atoms with van der Waals surface area (Å²) in [6, 6.07) is 6.64. The zero-order valence-corrected chi connectivity index (χ0v) is 23.5. The SMILES string of the molecule is COc1ccc(C(F)(F)F)nc1OCC(=O)N1CCC(c2nc(C3=NOC(c4c(F)cccc4Br)C3)cs2)CC1. The van der Waals surface area contributed by atoms with Gasteiger partial charge in [0, 0.05) is 40.8 Å². The van der Waals surface area contributed by atoms with E-state index in [1.165, 1.54) is 24.5 Å². The predicted molar refractivity (Wildman–Crippen MR) is 141 cm³/mol. The molecule has 1 fully saturated rings. The number of thiazole rings is 1. The number of pyridine rings is 1. The minimum absolute atomic E-state index is 0.00390. The molecule has 0 radical (unpaired) electrons. The maximum absolute atomic E-state index is 14.3. The third kappa shape index (κ3) is 6.07. The second-order valence-electron chi connectivity index (χ2n) is 9.19. The molecule has 40 heavy (non-hydrogen) atoms. The molecule has 14 heteroatoms. The number of hydrogen-bond donors (Lipinski definition) is 0. The highest BCUT2D eigenvalue weighted by molar-refractivity contribution is 9.10. The van der Waals surface area contributed by atoms with Crippen molar-refractivity contribution in [3.05, 3.63) is 68.0 Å². The number of alkyl halides is 3. The van der Waals surface area contributed by atoms with Gasteiger partial charge in [-0.3, -0.25) is 4.79 Å². The third-order valence-corrected chi connectivity index (χ3v) is 8.37. The number of ether oxygens (including phenoxy) is 2. The van der Waals surface area contributed by atoms with E-state index in [9.17, 15) is 22.4 Å². The lowest BCUT2D eigenvalue weighted by Gasteiger charge is -2.31. The van der Waals surface area contributed by atoms with E-state index in [2.05, 4.69) is 26.1 Å². The van der Waals surface area contributed by atoms with Crippen molar-refractivity contribution in [2.45, 2.75) is 37.5 Å². The molecule has 0 saturated carbocycles. The Kier molecular flexibility index (Phi) is 8.26. The van der Waals surface area contributed by atoms with Crippen LogP contribution in [-0.2, 0) is 15.8 Å². The first-order valence-corrected chi connectivity index (χ1v) is 14.0. The quantitative estimate of drug-likeness (QED) is 0.289. The van der Waals surface area contributed by atoms with Crippen LogP contribution in [0.2, 0.25) is 0 Å². The van der Waals surface area contributed by atoms with Crippen LogP contribution < -0.4 is 9.47 Å². The van der Waals surface area contributed by atoms with Crippen LogP contribution in [0.15, 0.2) is 45.3 Å². The van der Waals surface area contributed by atoms with Gasteiger partial charge in [-0.25, -0.2) is 14.4 Å². The summed E-state index contributed by atoms with van der Waals surface area (Å²) in [6.45, 7) is 0.431. The highest BCUT2D eigenvalue weighted by atomic mass is 79.9. The number of carbonyl (C=O) groups excluding carboxylic acids is 1. The molecule has 0 bridgehead atoms. The molecule has 0 N–H and O–H groups in total. The van der Waals surface area contributed by atoms with E-state index < -0.39 is 24.6 Å². The summed E-state index contributed by atoms with van der Waals surface area (Å²) in [5.41, 5.74) is 0.612. The standard InChI is InChI=1S/C26H23BrF4N4O4S/c1-37-19-5-6-21(26(29,30)31)33-24(19)38-12-22(36)35-9-7-14(8-10-35)25-32-18(13-40-25)17-11-20(39-34-17)23-15(27)3-2-4-16(23)28/h2-6,13-14,20H,7-12H2,1H3. The molecule has 3 aromatic rings. The van der Waals surface area contributed by atoms with Crippen LogP contribution in [0.5, 0.6) is 11.6 Å². The van der Waals surface area contributed by atoms with Crippen molar-refractivity contribution in [2.75, 3.05) is 26.8 Å². The van der Waals surface area contributed by atoms with Gasteiger partial charge in [0.05, 0.1) is 17.8 Å². The van der Waals surface area contributed by atoms with Gasteiger partial charge in [-0.1, -0.05) is 27.2 Å². The maximum Gasteiger partial charge on any atom is 0.433 e. The average molecular weight is 643 g/mol. The Labute approximate surface area is 239 Å². The Morgan fingerprint density at radius 1 is 1.20 bits per heavy atom. The number of oxime groups is 1. The van der Waals surface area contributed by atoms with Gasteiger partial charge < -0.3 is 19.2 Å². The van der Waals surface area contributed by atoms with Crippen LogP contribution in [0.25, 0.3) is 0 Å². The maximum atomic E-state index is 14.3. The van der Waals surface area contributed by atoms with Gasteiger partial charge >= 0.3 is 6.18 Å². The first kappa shape index (κ1) is 28.3. The molecule has 1 atom stereocenters. The highest BCUT2D eigenvalue weighted by Crippen LogP contribution is 2.37. The van der Waals surface area contributed by atoms with Gasteiger partial charge in [-0.15, -0.1) is 11.3 Å². The highest BCUT2D eigenvalue weighted by Gasteiger charge is 2.34. The molecular weight excluding hydrogens is 620 g/mol. The predicted octanol–water partition coefficient (Wildman–Crippen LogP) is 6.12. The Hall–Kier alpha value is -3.26. The zero-order valence-electron chi connectivity index (χ0n) is 21.1. The molecule has 0 aliphatic carbocycles. The second-order valence-corrected chi connectivity index (χ2v) is 10.9. The number of piperidine rings is 1. The molecule has 5 rings (SSSR count). The summed E-state index contributed by atoms with van der Waals surface area (Å²) in [5.74, 6) is -0.981. The summed E-state index contributed by atoms with van der Waals surface area (Å²) in [5, 5.41) is 6.96. The monoisotopic (exact) mass is 642 g/mol. The number of nitrogens with zero attached hydrogens (tertiary/aromatic N) is 4. The Bertz CT molecular complexity index is 1410. The minimum Gasteiger partial charge on any atom is -0.491 e. The molecule has 1 unspecified atom stereocenters. The second kappa shape index (κ2) is 11.7. The van der Waals surface area contributed by atoms with Crippen LogP contribution in [0.3, 0.4) is 0 Å². The molecule has 0 spiro atoms. The smallest absolute Gasteiger partial charge is 0.433 e. The summed E-state index contributed by atoms with van der Waals surface area (Å²) in [7, 11) is 1.28. The normalized spacial score (nSPS) is 17.9. The van der Waals surface area contributed by atoms with Gasteiger partial charge in [0.15, 0.2) is 18.5 Å². The van der Waals surface area contributed by atoms with Crippen molar-refractivity contribution in [3.63, 3.8) is 0 Å². The fourth-order valence-corrected chi connectivity index (χ4v) is 6.15. The number of likely N-dealkylation sites (tertiary alicyclic amines) is 1. The van der Waals surface area contributed by atoms with E-state index in [0.29, 0.717) is 53.8 Å². The molecule has 1 saturated heterocycles. The van der Waals surface area contributed by atoms with E-state index in [4.69, 9.17) is 19.3 Å². The molecule has 2 aliphatic rings. The van der Waals surface area contributed by atoms with Crippen molar-refractivity contribution >= 4 is 38.9 Å². The van der Waals surface area contributed by atoms with Crippen LogP contribution in [0.4, 0.5) is 17.6 Å².